The van der Waals surface area contributed by atoms with Crippen molar-refractivity contribution < 1.29 is 14.4 Å². The third kappa shape index (κ3) is 6.85. The summed E-state index contributed by atoms with van der Waals surface area (Å²) in [5.74, 6) is 0.871. The average Bonchev–Trinajstić information content (AvgIpc) is 2.72. The van der Waals surface area contributed by atoms with Crippen LogP contribution in [0.2, 0.25) is 5.02 Å². The van der Waals surface area contributed by atoms with Crippen LogP contribution in [0.4, 0.5) is 0 Å². The summed E-state index contributed by atoms with van der Waals surface area (Å²) in [6, 6.07) is 15.7. The third-order valence-electron chi connectivity index (χ3n) is 4.63. The number of hydrogen-bond acceptors (Lipinski definition) is 3. The molecule has 0 atom stereocenters. The molecule has 1 amide bonds. The molecule has 0 spiro atoms. The van der Waals surface area contributed by atoms with Crippen molar-refractivity contribution in [1.82, 2.24) is 5.32 Å². The van der Waals surface area contributed by atoms with E-state index in [-0.39, 0.29) is 5.91 Å². The predicted molar refractivity (Wildman–Crippen MR) is 111 cm³/mol. The maximum atomic E-state index is 12.3. The normalized spacial score (nSPS) is 14.9. The quantitative estimate of drug-likeness (QED) is 0.524. The van der Waals surface area contributed by atoms with Gasteiger partial charge in [0.1, 0.15) is 13.1 Å². The molecule has 1 saturated heterocycles. The minimum atomic E-state index is 0.00359. The number of amides is 1. The molecule has 0 saturated carbocycles. The Bertz CT molecular complexity index is 716. The Morgan fingerprint density at radius 2 is 1.78 bits per heavy atom. The van der Waals surface area contributed by atoms with Crippen molar-refractivity contribution in [3.05, 3.63) is 64.7 Å². The van der Waals surface area contributed by atoms with Crippen molar-refractivity contribution in [3.8, 4) is 0 Å². The van der Waals surface area contributed by atoms with Gasteiger partial charge in [-0.15, -0.1) is 11.8 Å². The lowest BCUT2D eigenvalue weighted by Gasteiger charge is -2.23. The van der Waals surface area contributed by atoms with Crippen molar-refractivity contribution in [2.75, 3.05) is 39.4 Å². The molecule has 6 heteroatoms. The Kier molecular flexibility index (Phi) is 8.02. The average molecular weight is 406 g/mol. The highest BCUT2D eigenvalue weighted by Gasteiger charge is 2.13. The van der Waals surface area contributed by atoms with Gasteiger partial charge in [0.05, 0.1) is 19.8 Å². The molecule has 2 aromatic rings. The highest BCUT2D eigenvalue weighted by molar-refractivity contribution is 7.98. The summed E-state index contributed by atoms with van der Waals surface area (Å²) >= 11 is 7.66. The van der Waals surface area contributed by atoms with E-state index in [0.717, 1.165) is 56.6 Å². The van der Waals surface area contributed by atoms with Gasteiger partial charge in [-0.2, -0.15) is 0 Å². The topological polar surface area (TPSA) is 42.8 Å². The van der Waals surface area contributed by atoms with Crippen LogP contribution < -0.4 is 10.2 Å². The van der Waals surface area contributed by atoms with Crippen LogP contribution in [-0.2, 0) is 10.5 Å². The van der Waals surface area contributed by atoms with Gasteiger partial charge >= 0.3 is 0 Å². The van der Waals surface area contributed by atoms with Crippen LogP contribution >= 0.6 is 23.4 Å². The second-order valence-electron chi connectivity index (χ2n) is 6.66. The van der Waals surface area contributed by atoms with Crippen molar-refractivity contribution in [2.24, 2.45) is 0 Å². The first-order valence-corrected chi connectivity index (χ1v) is 10.7. The minimum absolute atomic E-state index is 0.00359. The molecular weight excluding hydrogens is 380 g/mol. The first kappa shape index (κ1) is 20.2. The summed E-state index contributed by atoms with van der Waals surface area (Å²) in [6.45, 7) is 5.66. The molecule has 4 nitrogen and oxygen atoms in total. The van der Waals surface area contributed by atoms with Gasteiger partial charge in [0.15, 0.2) is 0 Å². The van der Waals surface area contributed by atoms with E-state index in [1.54, 1.807) is 16.7 Å². The molecule has 0 aromatic heterocycles. The number of carbonyl (C=O) groups excluding carboxylic acids is 1. The van der Waals surface area contributed by atoms with E-state index in [2.05, 4.69) is 5.32 Å². The van der Waals surface area contributed by atoms with Crippen molar-refractivity contribution >= 4 is 29.3 Å². The zero-order valence-electron chi connectivity index (χ0n) is 15.4. The third-order valence-corrected chi connectivity index (χ3v) is 5.96. The summed E-state index contributed by atoms with van der Waals surface area (Å²) in [5.41, 5.74) is 1.91. The van der Waals surface area contributed by atoms with E-state index >= 15 is 0 Å². The van der Waals surface area contributed by atoms with Crippen LogP contribution in [0.5, 0.6) is 0 Å². The predicted octanol–water partition coefficient (Wildman–Crippen LogP) is 2.67. The molecule has 2 aromatic carbocycles. The summed E-state index contributed by atoms with van der Waals surface area (Å²) < 4.78 is 5.36. The van der Waals surface area contributed by atoms with E-state index in [0.29, 0.717) is 5.56 Å². The number of nitrogens with one attached hydrogen (secondary N) is 2. The minimum Gasteiger partial charge on any atom is -0.370 e. The van der Waals surface area contributed by atoms with Crippen molar-refractivity contribution in [3.63, 3.8) is 0 Å². The first-order chi connectivity index (χ1) is 13.2. The molecule has 144 valence electrons. The second kappa shape index (κ2) is 10.7. The number of ether oxygens (including phenoxy) is 1. The SMILES string of the molecule is O=C(NCCC[NH+]1CCOCC1)c1ccc(CSc2ccc(Cl)cc2)cc1. The van der Waals surface area contributed by atoms with Gasteiger partial charge < -0.3 is 15.0 Å². The lowest BCUT2D eigenvalue weighted by atomic mass is 10.1. The Labute approximate surface area is 170 Å². The zero-order chi connectivity index (χ0) is 18.9. The number of rotatable bonds is 8. The second-order valence-corrected chi connectivity index (χ2v) is 8.15. The molecule has 1 fully saturated rings. The molecule has 1 aliphatic rings. The standard InChI is InChI=1S/C21H25ClN2O2S/c22-19-6-8-20(9-7-19)27-16-17-2-4-18(5-3-17)21(25)23-10-1-11-24-12-14-26-15-13-24/h2-9H,1,10-16H2,(H,23,25)/p+1. The van der Waals surface area contributed by atoms with Crippen molar-refractivity contribution in [1.29, 1.82) is 0 Å². The zero-order valence-corrected chi connectivity index (χ0v) is 17.0. The Balaban J connectivity index is 1.38. The summed E-state index contributed by atoms with van der Waals surface area (Å²) in [6.07, 6.45) is 0.997. The fourth-order valence-corrected chi connectivity index (χ4v) is 3.98. The van der Waals surface area contributed by atoms with Crippen LogP contribution in [0.15, 0.2) is 53.4 Å². The lowest BCUT2D eigenvalue weighted by Crippen LogP contribution is -3.14. The van der Waals surface area contributed by atoms with Crippen LogP contribution in [0.3, 0.4) is 0 Å². The molecule has 27 heavy (non-hydrogen) atoms. The number of benzene rings is 2. The molecular formula is C21H26ClN2O2S+. The van der Waals surface area contributed by atoms with Gasteiger partial charge in [-0.05, 0) is 42.0 Å². The molecule has 1 heterocycles. The molecule has 0 unspecified atom stereocenters. The Morgan fingerprint density at radius 3 is 2.48 bits per heavy atom. The van der Waals surface area contributed by atoms with Gasteiger partial charge in [-0.25, -0.2) is 0 Å². The smallest absolute Gasteiger partial charge is 0.251 e. The monoisotopic (exact) mass is 405 g/mol. The van der Waals surface area contributed by atoms with Gasteiger partial charge in [0, 0.05) is 34.2 Å². The number of thioether (sulfide) groups is 1. The first-order valence-electron chi connectivity index (χ1n) is 9.37. The van der Waals surface area contributed by atoms with Crippen LogP contribution in [0.25, 0.3) is 0 Å². The highest BCUT2D eigenvalue weighted by Crippen LogP contribution is 2.24. The summed E-state index contributed by atoms with van der Waals surface area (Å²) in [4.78, 5) is 15.0. The summed E-state index contributed by atoms with van der Waals surface area (Å²) in [7, 11) is 0. The lowest BCUT2D eigenvalue weighted by molar-refractivity contribution is -0.908. The highest BCUT2D eigenvalue weighted by atomic mass is 35.5. The van der Waals surface area contributed by atoms with Gasteiger partial charge in [0.25, 0.3) is 5.91 Å². The maximum absolute atomic E-state index is 12.3. The van der Waals surface area contributed by atoms with Crippen LogP contribution in [0.1, 0.15) is 22.3 Å². The molecule has 2 N–H and O–H groups in total. The van der Waals surface area contributed by atoms with E-state index in [1.165, 1.54) is 10.5 Å². The molecule has 0 aliphatic carbocycles. The van der Waals surface area contributed by atoms with Crippen LogP contribution in [0, 0.1) is 0 Å². The maximum Gasteiger partial charge on any atom is 0.251 e. The van der Waals surface area contributed by atoms with Gasteiger partial charge in [-0.3, -0.25) is 4.79 Å². The Hall–Kier alpha value is -1.53. The summed E-state index contributed by atoms with van der Waals surface area (Å²) in [5, 5.41) is 3.77. The van der Waals surface area contributed by atoms with Crippen molar-refractivity contribution in [2.45, 2.75) is 17.1 Å². The number of carbonyl (C=O) groups is 1. The number of halogens is 1. The molecule has 3 rings (SSSR count). The van der Waals surface area contributed by atoms with Gasteiger partial charge in [0.2, 0.25) is 0 Å². The number of quaternary nitrogens is 1. The fraction of sp³-hybridized carbons (Fsp3) is 0.381. The Morgan fingerprint density at radius 1 is 1.07 bits per heavy atom. The van der Waals surface area contributed by atoms with E-state index < -0.39 is 0 Å². The van der Waals surface area contributed by atoms with E-state index in [9.17, 15) is 4.79 Å². The van der Waals surface area contributed by atoms with E-state index in [4.69, 9.17) is 16.3 Å². The van der Waals surface area contributed by atoms with Crippen LogP contribution in [-0.4, -0.2) is 45.3 Å². The largest absolute Gasteiger partial charge is 0.370 e. The number of morpholine rings is 1. The fourth-order valence-electron chi connectivity index (χ4n) is 3.00. The molecule has 0 bridgehead atoms. The molecule has 0 radical (unpaired) electrons. The van der Waals surface area contributed by atoms with E-state index in [1.807, 2.05) is 48.5 Å². The number of hydrogen-bond donors (Lipinski definition) is 2. The molecule has 1 aliphatic heterocycles. The van der Waals surface area contributed by atoms with Gasteiger partial charge in [-0.1, -0.05) is 23.7 Å².